The van der Waals surface area contributed by atoms with Crippen molar-refractivity contribution >= 4 is 28.7 Å². The molecule has 2 amide bonds. The number of hydrogen-bond acceptors (Lipinski definition) is 5. The molecule has 2 aliphatic rings. The number of nitrogens with one attached hydrogen (secondary N) is 2. The van der Waals surface area contributed by atoms with E-state index in [-0.39, 0.29) is 22.5 Å². The zero-order valence-electron chi connectivity index (χ0n) is 15.7. The molecule has 2 aromatic carbocycles. The van der Waals surface area contributed by atoms with Gasteiger partial charge in [0.25, 0.3) is 0 Å². The van der Waals surface area contributed by atoms with Gasteiger partial charge in [-0.15, -0.1) is 0 Å². The van der Waals surface area contributed by atoms with Crippen LogP contribution in [0.2, 0.25) is 0 Å². The highest BCUT2D eigenvalue weighted by atomic mass is 16.4. The molecule has 0 radical (unpaired) electrons. The number of anilines is 1. The lowest BCUT2D eigenvalue weighted by Crippen LogP contribution is -2.24. The molecular formula is C22H16N2O6. The zero-order chi connectivity index (χ0) is 21.4. The first kappa shape index (κ1) is 19.0. The monoisotopic (exact) mass is 404 g/mol. The number of benzene rings is 3. The van der Waals surface area contributed by atoms with Crippen LogP contribution in [-0.4, -0.2) is 29.3 Å². The van der Waals surface area contributed by atoms with Gasteiger partial charge in [-0.1, -0.05) is 6.07 Å². The first-order chi connectivity index (χ1) is 14.4. The molecule has 2 aromatic rings. The van der Waals surface area contributed by atoms with Gasteiger partial charge >= 0.3 is 12.0 Å². The van der Waals surface area contributed by atoms with Gasteiger partial charge in [-0.25, -0.2) is 9.59 Å². The summed E-state index contributed by atoms with van der Waals surface area (Å²) in [6.45, 7) is 0. The van der Waals surface area contributed by atoms with E-state index in [4.69, 9.17) is 4.42 Å². The Bertz CT molecular complexity index is 1340. The number of aromatic carboxylic acids is 1. The number of carboxylic acid groups (broad SMARTS) is 1. The molecule has 1 heterocycles. The molecule has 1 aliphatic heterocycles. The Balaban J connectivity index is 2.06. The molecule has 0 spiro atoms. The summed E-state index contributed by atoms with van der Waals surface area (Å²) in [7, 11) is 1.45. The van der Waals surface area contributed by atoms with E-state index in [1.807, 2.05) is 0 Å². The van der Waals surface area contributed by atoms with Gasteiger partial charge in [-0.2, -0.15) is 0 Å². The van der Waals surface area contributed by atoms with Gasteiger partial charge in [0.2, 0.25) is 0 Å². The molecule has 1 aliphatic carbocycles. The summed E-state index contributed by atoms with van der Waals surface area (Å²) in [5.41, 5.74) is 1.76. The average Bonchev–Trinajstić information content (AvgIpc) is 2.71. The van der Waals surface area contributed by atoms with E-state index in [1.165, 1.54) is 37.4 Å². The number of phenols is 1. The number of carbonyl (C=O) groups excluding carboxylic acids is 1. The average molecular weight is 404 g/mol. The second-order valence-electron chi connectivity index (χ2n) is 6.59. The van der Waals surface area contributed by atoms with Crippen molar-refractivity contribution in [2.75, 3.05) is 12.4 Å². The lowest BCUT2D eigenvalue weighted by atomic mass is 9.90. The Morgan fingerprint density at radius 3 is 2.47 bits per heavy atom. The molecule has 4 N–H and O–H groups in total. The molecule has 8 nitrogen and oxygen atoms in total. The zero-order valence-corrected chi connectivity index (χ0v) is 15.7. The minimum Gasteiger partial charge on any atom is -0.508 e. The van der Waals surface area contributed by atoms with Crippen molar-refractivity contribution < 1.29 is 24.2 Å². The summed E-state index contributed by atoms with van der Waals surface area (Å²) in [6.07, 6.45) is 0. The fourth-order valence-corrected chi connectivity index (χ4v) is 3.36. The second-order valence-corrected chi connectivity index (χ2v) is 6.59. The largest absolute Gasteiger partial charge is 0.508 e. The van der Waals surface area contributed by atoms with Crippen molar-refractivity contribution in [3.8, 4) is 28.2 Å². The molecular weight excluding hydrogens is 388 g/mol. The number of carboxylic acids is 1. The van der Waals surface area contributed by atoms with Crippen molar-refractivity contribution in [2.24, 2.45) is 0 Å². The normalized spacial score (nSPS) is 10.8. The molecule has 8 heteroatoms. The van der Waals surface area contributed by atoms with Crippen molar-refractivity contribution in [2.45, 2.75) is 0 Å². The molecule has 150 valence electrons. The maximum atomic E-state index is 12.0. The predicted octanol–water partition coefficient (Wildman–Crippen LogP) is 3.72. The van der Waals surface area contributed by atoms with Gasteiger partial charge in [0, 0.05) is 41.4 Å². The van der Waals surface area contributed by atoms with Gasteiger partial charge in [0.15, 0.2) is 5.43 Å². The molecule has 0 unspecified atom stereocenters. The first-order valence-corrected chi connectivity index (χ1v) is 8.93. The number of rotatable bonds is 3. The molecule has 0 saturated heterocycles. The molecule has 0 fully saturated rings. The molecule has 0 bridgehead atoms. The molecule has 0 saturated carbocycles. The van der Waals surface area contributed by atoms with Crippen LogP contribution < -0.4 is 16.1 Å². The summed E-state index contributed by atoms with van der Waals surface area (Å²) in [5.74, 6) is -0.954. The lowest BCUT2D eigenvalue weighted by molar-refractivity contribution is 0.0697. The number of aromatic hydroxyl groups is 1. The number of urea groups is 1. The third kappa shape index (κ3) is 3.30. The predicted molar refractivity (Wildman–Crippen MR) is 111 cm³/mol. The fraction of sp³-hybridized carbons (Fsp3) is 0.0455. The van der Waals surface area contributed by atoms with Crippen molar-refractivity contribution in [1.82, 2.24) is 5.32 Å². The van der Waals surface area contributed by atoms with Crippen LogP contribution in [0.15, 0.2) is 63.8 Å². The number of hydrogen-bond donors (Lipinski definition) is 4. The van der Waals surface area contributed by atoms with Crippen LogP contribution in [0, 0.1) is 0 Å². The van der Waals surface area contributed by atoms with E-state index in [0.717, 1.165) is 0 Å². The van der Waals surface area contributed by atoms with Crippen LogP contribution in [0.5, 0.6) is 5.75 Å². The molecule has 4 rings (SSSR count). The maximum Gasteiger partial charge on any atom is 0.336 e. The van der Waals surface area contributed by atoms with Crippen LogP contribution in [0.3, 0.4) is 0 Å². The Kier molecular flexibility index (Phi) is 4.59. The number of phenolic OH excluding ortho intramolecular Hbond substituents is 1. The Morgan fingerprint density at radius 1 is 0.967 bits per heavy atom. The summed E-state index contributed by atoms with van der Waals surface area (Å²) >= 11 is 0. The Morgan fingerprint density at radius 2 is 1.73 bits per heavy atom. The maximum absolute atomic E-state index is 12.0. The third-order valence-electron chi connectivity index (χ3n) is 4.68. The van der Waals surface area contributed by atoms with Crippen LogP contribution in [0.25, 0.3) is 33.4 Å². The minimum atomic E-state index is -1.19. The standard InChI is InChI=1S/C22H16N2O6/c1-23-22(29)24-11-2-5-14(17(8-11)21(27)28)20-15-6-3-12(25)9-18(15)30-19-10-13(26)4-7-16(19)20/h2-10,25H,1H3,(H,27,28)(H2,23,24,29). The van der Waals surface area contributed by atoms with Crippen molar-refractivity contribution in [3.05, 3.63) is 70.4 Å². The second kappa shape index (κ2) is 7.25. The molecule has 30 heavy (non-hydrogen) atoms. The van der Waals surface area contributed by atoms with Gasteiger partial charge in [0.05, 0.1) is 5.56 Å². The summed E-state index contributed by atoms with van der Waals surface area (Å²) in [4.78, 5) is 35.5. The van der Waals surface area contributed by atoms with Crippen LogP contribution in [0.1, 0.15) is 10.4 Å². The highest BCUT2D eigenvalue weighted by Crippen LogP contribution is 2.42. The van der Waals surface area contributed by atoms with E-state index in [0.29, 0.717) is 33.3 Å². The minimum absolute atomic E-state index is 0.0292. The van der Waals surface area contributed by atoms with Crippen LogP contribution in [0.4, 0.5) is 10.5 Å². The Hall–Kier alpha value is -4.33. The smallest absolute Gasteiger partial charge is 0.336 e. The van der Waals surface area contributed by atoms with Crippen molar-refractivity contribution in [3.63, 3.8) is 0 Å². The third-order valence-corrected chi connectivity index (χ3v) is 4.68. The van der Waals surface area contributed by atoms with Gasteiger partial charge < -0.3 is 25.3 Å². The summed E-state index contributed by atoms with van der Waals surface area (Å²) in [5, 5.41) is 25.2. The van der Waals surface area contributed by atoms with E-state index in [1.54, 1.807) is 24.3 Å². The summed E-state index contributed by atoms with van der Waals surface area (Å²) in [6, 6.07) is 12.8. The van der Waals surface area contributed by atoms with Gasteiger partial charge in [-0.3, -0.25) is 4.79 Å². The van der Waals surface area contributed by atoms with E-state index in [9.17, 15) is 24.6 Å². The highest BCUT2D eigenvalue weighted by Gasteiger charge is 2.22. The topological polar surface area (TPSA) is 129 Å². The quantitative estimate of drug-likeness (QED) is 0.385. The number of amides is 2. The van der Waals surface area contributed by atoms with Gasteiger partial charge in [0.1, 0.15) is 17.1 Å². The first-order valence-electron chi connectivity index (χ1n) is 8.93. The fourth-order valence-electron chi connectivity index (χ4n) is 3.36. The number of carbonyl (C=O) groups is 2. The van der Waals surface area contributed by atoms with E-state index >= 15 is 0 Å². The molecule has 0 aromatic heterocycles. The number of fused-ring (bicyclic) bond motifs is 2. The van der Waals surface area contributed by atoms with Gasteiger partial charge in [-0.05, 0) is 42.0 Å². The van der Waals surface area contributed by atoms with E-state index < -0.39 is 12.0 Å². The molecule has 0 atom stereocenters. The summed E-state index contributed by atoms with van der Waals surface area (Å²) < 4.78 is 5.79. The van der Waals surface area contributed by atoms with E-state index in [2.05, 4.69) is 10.6 Å². The highest BCUT2D eigenvalue weighted by molar-refractivity contribution is 6.08. The Labute approximate surface area is 169 Å². The lowest BCUT2D eigenvalue weighted by Gasteiger charge is -2.17. The van der Waals surface area contributed by atoms with Crippen molar-refractivity contribution in [1.29, 1.82) is 0 Å². The SMILES string of the molecule is CNC(=O)Nc1ccc(-c2c3ccc(=O)cc-3oc3cc(O)ccc23)c(C(=O)O)c1. The van der Waals surface area contributed by atoms with Crippen LogP contribution >= 0.6 is 0 Å². The van der Waals surface area contributed by atoms with Crippen LogP contribution in [-0.2, 0) is 0 Å².